The van der Waals surface area contributed by atoms with E-state index < -0.39 is 0 Å². The summed E-state index contributed by atoms with van der Waals surface area (Å²) < 4.78 is 5.10. The van der Waals surface area contributed by atoms with Gasteiger partial charge in [-0.2, -0.15) is 5.10 Å². The minimum Gasteiger partial charge on any atom is -0.383 e. The molecule has 1 aliphatic rings. The number of amides is 1. The summed E-state index contributed by atoms with van der Waals surface area (Å²) >= 11 is 0. The average molecular weight is 317 g/mol. The molecular weight excluding hydrogens is 292 g/mol. The van der Waals surface area contributed by atoms with E-state index in [0.29, 0.717) is 31.3 Å². The number of nitrogens with one attached hydrogen (secondary N) is 2. The highest BCUT2D eigenvalue weighted by Crippen LogP contribution is 2.17. The minimum atomic E-state index is -0.00282. The van der Waals surface area contributed by atoms with Crippen LogP contribution in [-0.4, -0.2) is 54.4 Å². The van der Waals surface area contributed by atoms with Crippen molar-refractivity contribution < 1.29 is 9.53 Å². The molecule has 1 aliphatic heterocycles. The van der Waals surface area contributed by atoms with Crippen LogP contribution < -0.4 is 5.32 Å². The quantitative estimate of drug-likeness (QED) is 0.828. The third-order valence-electron chi connectivity index (χ3n) is 3.45. The van der Waals surface area contributed by atoms with Crippen molar-refractivity contribution in [3.63, 3.8) is 0 Å². The maximum Gasteiger partial charge on any atom is 0.274 e. The summed E-state index contributed by atoms with van der Waals surface area (Å²) in [4.78, 5) is 14.5. The summed E-state index contributed by atoms with van der Waals surface area (Å²) in [6.45, 7) is 7.72. The van der Waals surface area contributed by atoms with Crippen molar-refractivity contribution >= 4 is 18.3 Å². The van der Waals surface area contributed by atoms with E-state index in [1.54, 1.807) is 7.11 Å². The molecule has 0 unspecified atom stereocenters. The van der Waals surface area contributed by atoms with Crippen molar-refractivity contribution in [1.82, 2.24) is 20.4 Å². The second-order valence-corrected chi connectivity index (χ2v) is 5.59. The lowest BCUT2D eigenvalue weighted by atomic mass is 10.1. The molecule has 0 saturated carbocycles. The lowest BCUT2D eigenvalue weighted by molar-refractivity contribution is 0.0665. The number of rotatable bonds is 6. The molecule has 0 aliphatic carbocycles. The number of H-pyrrole nitrogens is 1. The number of fused-ring (bicyclic) bond motifs is 1. The van der Waals surface area contributed by atoms with Crippen molar-refractivity contribution in [1.29, 1.82) is 0 Å². The van der Waals surface area contributed by atoms with Crippen LogP contribution in [0.15, 0.2) is 0 Å². The average Bonchev–Trinajstić information content (AvgIpc) is 2.86. The standard InChI is InChI=1S/C14H24N4O2.ClH/c1-10(2)9-18(6-7-20-3)14(19)13-11-8-15-5-4-12(11)16-17-13;/h10,15H,4-9H2,1-3H3,(H,16,17);1H. The van der Waals surface area contributed by atoms with Gasteiger partial charge in [-0.05, 0) is 5.92 Å². The Labute approximate surface area is 132 Å². The summed E-state index contributed by atoms with van der Waals surface area (Å²) in [5.41, 5.74) is 2.67. The van der Waals surface area contributed by atoms with Crippen LogP contribution in [0.4, 0.5) is 0 Å². The van der Waals surface area contributed by atoms with E-state index in [4.69, 9.17) is 4.74 Å². The monoisotopic (exact) mass is 316 g/mol. The third kappa shape index (κ3) is 4.43. The van der Waals surface area contributed by atoms with Gasteiger partial charge in [-0.1, -0.05) is 13.8 Å². The Hall–Kier alpha value is -1.11. The zero-order chi connectivity index (χ0) is 14.5. The van der Waals surface area contributed by atoms with Crippen LogP contribution in [0.25, 0.3) is 0 Å². The number of carbonyl (C=O) groups is 1. The normalized spacial score (nSPS) is 13.7. The summed E-state index contributed by atoms with van der Waals surface area (Å²) in [6, 6.07) is 0. The Morgan fingerprint density at radius 2 is 2.24 bits per heavy atom. The third-order valence-corrected chi connectivity index (χ3v) is 3.45. The number of hydrogen-bond acceptors (Lipinski definition) is 4. The molecular formula is C14H25ClN4O2. The molecule has 0 fully saturated rings. The van der Waals surface area contributed by atoms with Crippen LogP contribution in [0.1, 0.15) is 35.6 Å². The van der Waals surface area contributed by atoms with Crippen LogP contribution in [0.3, 0.4) is 0 Å². The van der Waals surface area contributed by atoms with E-state index in [2.05, 4.69) is 29.4 Å². The van der Waals surface area contributed by atoms with Crippen molar-refractivity contribution in [2.24, 2.45) is 5.92 Å². The Balaban J connectivity index is 0.00000220. The summed E-state index contributed by atoms with van der Waals surface area (Å²) in [6.07, 6.45) is 0.901. The van der Waals surface area contributed by atoms with Crippen LogP contribution in [0, 0.1) is 5.92 Å². The number of aromatic nitrogens is 2. The summed E-state index contributed by atoms with van der Waals surface area (Å²) in [5.74, 6) is 0.417. The van der Waals surface area contributed by atoms with Gasteiger partial charge in [0.25, 0.3) is 5.91 Å². The highest BCUT2D eigenvalue weighted by Gasteiger charge is 2.25. The SMILES string of the molecule is COCCN(CC(C)C)C(=O)c1n[nH]c2c1CNCC2.Cl. The molecule has 0 aromatic carbocycles. The molecule has 2 rings (SSSR count). The van der Waals surface area contributed by atoms with Crippen molar-refractivity contribution in [2.75, 3.05) is 33.4 Å². The molecule has 1 amide bonds. The molecule has 0 atom stereocenters. The molecule has 0 bridgehead atoms. The highest BCUT2D eigenvalue weighted by atomic mass is 35.5. The first kappa shape index (κ1) is 17.9. The van der Waals surface area contributed by atoms with Crippen LogP contribution in [0.2, 0.25) is 0 Å². The van der Waals surface area contributed by atoms with Gasteiger partial charge >= 0.3 is 0 Å². The van der Waals surface area contributed by atoms with Gasteiger partial charge in [-0.25, -0.2) is 0 Å². The van der Waals surface area contributed by atoms with E-state index in [0.717, 1.165) is 30.8 Å². The number of methoxy groups -OCH3 is 1. The molecule has 2 heterocycles. The molecule has 0 saturated heterocycles. The fourth-order valence-electron chi connectivity index (χ4n) is 2.47. The van der Waals surface area contributed by atoms with Crippen LogP contribution in [0.5, 0.6) is 0 Å². The Kier molecular flexibility index (Phi) is 7.14. The van der Waals surface area contributed by atoms with Crippen LogP contribution in [-0.2, 0) is 17.7 Å². The fourth-order valence-corrected chi connectivity index (χ4v) is 2.47. The van der Waals surface area contributed by atoms with Crippen molar-refractivity contribution in [3.05, 3.63) is 17.0 Å². The number of carbonyl (C=O) groups excluding carboxylic acids is 1. The predicted molar refractivity (Wildman–Crippen MR) is 83.9 cm³/mol. The summed E-state index contributed by atoms with van der Waals surface area (Å²) in [5, 5.41) is 10.5. The zero-order valence-electron chi connectivity index (χ0n) is 12.9. The molecule has 1 aromatic heterocycles. The number of halogens is 1. The summed E-state index contributed by atoms with van der Waals surface area (Å²) in [7, 11) is 1.65. The second kappa shape index (κ2) is 8.36. The van der Waals surface area contributed by atoms with Gasteiger partial charge < -0.3 is 15.0 Å². The molecule has 0 spiro atoms. The second-order valence-electron chi connectivity index (χ2n) is 5.59. The van der Waals surface area contributed by atoms with E-state index in [1.807, 2.05) is 4.90 Å². The van der Waals surface area contributed by atoms with Gasteiger partial charge in [0, 0.05) is 51.0 Å². The minimum absolute atomic E-state index is 0. The molecule has 120 valence electrons. The molecule has 2 N–H and O–H groups in total. The van der Waals surface area contributed by atoms with Gasteiger partial charge in [-0.3, -0.25) is 9.89 Å². The highest BCUT2D eigenvalue weighted by molar-refractivity contribution is 5.94. The van der Waals surface area contributed by atoms with E-state index >= 15 is 0 Å². The number of aromatic amines is 1. The van der Waals surface area contributed by atoms with Crippen molar-refractivity contribution in [3.8, 4) is 0 Å². The Bertz CT molecular complexity index is 462. The van der Waals surface area contributed by atoms with E-state index in [9.17, 15) is 4.79 Å². The molecule has 7 heteroatoms. The lowest BCUT2D eigenvalue weighted by Gasteiger charge is -2.24. The fraction of sp³-hybridized carbons (Fsp3) is 0.714. The largest absolute Gasteiger partial charge is 0.383 e. The predicted octanol–water partition coefficient (Wildman–Crippen LogP) is 1.22. The van der Waals surface area contributed by atoms with Crippen molar-refractivity contribution in [2.45, 2.75) is 26.8 Å². The first-order chi connectivity index (χ1) is 9.63. The Morgan fingerprint density at radius 3 is 2.90 bits per heavy atom. The van der Waals surface area contributed by atoms with Gasteiger partial charge in [0.1, 0.15) is 0 Å². The van der Waals surface area contributed by atoms with Gasteiger partial charge in [-0.15, -0.1) is 12.4 Å². The number of nitrogens with zero attached hydrogens (tertiary/aromatic N) is 2. The smallest absolute Gasteiger partial charge is 0.274 e. The van der Waals surface area contributed by atoms with Gasteiger partial charge in [0.05, 0.1) is 6.61 Å². The van der Waals surface area contributed by atoms with Gasteiger partial charge in [0.15, 0.2) is 5.69 Å². The number of ether oxygens (including phenoxy) is 1. The first-order valence-electron chi connectivity index (χ1n) is 7.18. The molecule has 6 nitrogen and oxygen atoms in total. The first-order valence-corrected chi connectivity index (χ1v) is 7.18. The topological polar surface area (TPSA) is 70.2 Å². The number of hydrogen-bond donors (Lipinski definition) is 2. The molecule has 21 heavy (non-hydrogen) atoms. The molecule has 0 radical (unpaired) electrons. The zero-order valence-corrected chi connectivity index (χ0v) is 13.8. The maximum atomic E-state index is 12.7. The van der Waals surface area contributed by atoms with Crippen LogP contribution >= 0.6 is 12.4 Å². The lowest BCUT2D eigenvalue weighted by Crippen LogP contribution is -2.38. The van der Waals surface area contributed by atoms with E-state index in [-0.39, 0.29) is 18.3 Å². The van der Waals surface area contributed by atoms with E-state index in [1.165, 1.54) is 0 Å². The van der Waals surface area contributed by atoms with Gasteiger partial charge in [0.2, 0.25) is 0 Å². The Morgan fingerprint density at radius 1 is 1.48 bits per heavy atom. The molecule has 1 aromatic rings. The maximum absolute atomic E-state index is 12.7.